The minimum atomic E-state index is -0.935. The Morgan fingerprint density at radius 1 is 1.06 bits per heavy atom. The zero-order valence-corrected chi connectivity index (χ0v) is 20.0. The summed E-state index contributed by atoms with van der Waals surface area (Å²) in [5, 5.41) is 12.4. The molecule has 8 heteroatoms. The van der Waals surface area contributed by atoms with Gasteiger partial charge in [0.1, 0.15) is 5.82 Å². The smallest absolute Gasteiger partial charge is 0.336 e. The molecule has 2 amide bonds. The number of nitrogens with zero attached hydrogens (tertiary/aromatic N) is 1. The number of amides is 2. The molecule has 0 aliphatic heterocycles. The summed E-state index contributed by atoms with van der Waals surface area (Å²) in [5.41, 5.74) is 2.30. The minimum Gasteiger partial charge on any atom is -0.478 e. The molecule has 2 fully saturated rings. The molecule has 0 unspecified atom stereocenters. The highest BCUT2D eigenvalue weighted by molar-refractivity contribution is 5.91. The van der Waals surface area contributed by atoms with E-state index in [0.717, 1.165) is 44.1 Å². The number of aromatic carboxylic acids is 1. The summed E-state index contributed by atoms with van der Waals surface area (Å²) in [4.78, 5) is 26.1. The number of urea groups is 1. The van der Waals surface area contributed by atoms with Gasteiger partial charge in [-0.15, -0.1) is 0 Å². The first-order chi connectivity index (χ1) is 16.9. The van der Waals surface area contributed by atoms with E-state index in [-0.39, 0.29) is 36.7 Å². The second-order valence-electron chi connectivity index (χ2n) is 9.37. The number of anilines is 1. The Kier molecular flexibility index (Phi) is 8.36. The molecule has 2 aliphatic carbocycles. The van der Waals surface area contributed by atoms with Crippen LogP contribution in [0.25, 0.3) is 0 Å². The van der Waals surface area contributed by atoms with Crippen molar-refractivity contribution in [2.24, 2.45) is 0 Å². The van der Waals surface area contributed by atoms with Crippen LogP contribution in [0.4, 0.5) is 14.9 Å². The van der Waals surface area contributed by atoms with Crippen molar-refractivity contribution >= 4 is 17.7 Å². The van der Waals surface area contributed by atoms with Crippen LogP contribution in [0.3, 0.4) is 0 Å². The molecule has 2 saturated carbocycles. The Balaban J connectivity index is 1.24. The lowest BCUT2D eigenvalue weighted by Crippen LogP contribution is -2.40. The number of hydrogen-bond acceptors (Lipinski definition) is 4. The SMILES string of the molecule is Cc1cccc(CO[C@H]2CCC[C@@H](OCCN(C(=O)Nc3ccc(F)cc3)C3CC3)C2)c1C(=O)O. The third kappa shape index (κ3) is 7.02. The first-order valence-electron chi connectivity index (χ1n) is 12.3. The van der Waals surface area contributed by atoms with E-state index in [0.29, 0.717) is 30.0 Å². The Labute approximate surface area is 205 Å². The number of ether oxygens (including phenoxy) is 2. The number of aryl methyl sites for hydroxylation is 1. The number of rotatable bonds is 10. The molecule has 2 N–H and O–H groups in total. The lowest BCUT2D eigenvalue weighted by Gasteiger charge is -2.30. The zero-order chi connectivity index (χ0) is 24.8. The maximum Gasteiger partial charge on any atom is 0.336 e. The van der Waals surface area contributed by atoms with Gasteiger partial charge in [0.15, 0.2) is 0 Å². The fourth-order valence-electron chi connectivity index (χ4n) is 4.65. The van der Waals surface area contributed by atoms with E-state index in [4.69, 9.17) is 9.47 Å². The highest BCUT2D eigenvalue weighted by atomic mass is 19.1. The second-order valence-corrected chi connectivity index (χ2v) is 9.37. The molecule has 4 rings (SSSR count). The fourth-order valence-corrected chi connectivity index (χ4v) is 4.65. The van der Waals surface area contributed by atoms with Gasteiger partial charge < -0.3 is 24.8 Å². The van der Waals surface area contributed by atoms with Crippen LogP contribution >= 0.6 is 0 Å². The van der Waals surface area contributed by atoms with Crippen molar-refractivity contribution in [1.29, 1.82) is 0 Å². The van der Waals surface area contributed by atoms with E-state index in [1.807, 2.05) is 6.07 Å². The van der Waals surface area contributed by atoms with E-state index >= 15 is 0 Å². The molecule has 2 aromatic carbocycles. The number of carbonyl (C=O) groups is 2. The molecular weight excluding hydrogens is 451 g/mol. The molecule has 0 heterocycles. The van der Waals surface area contributed by atoms with Gasteiger partial charge in [0.2, 0.25) is 0 Å². The number of halogens is 1. The summed E-state index contributed by atoms with van der Waals surface area (Å²) < 4.78 is 25.3. The average Bonchev–Trinajstić information content (AvgIpc) is 3.67. The van der Waals surface area contributed by atoms with Crippen LogP contribution in [0.2, 0.25) is 0 Å². The summed E-state index contributed by atoms with van der Waals surface area (Å²) in [6.45, 7) is 2.98. The van der Waals surface area contributed by atoms with Crippen molar-refractivity contribution in [2.75, 3.05) is 18.5 Å². The summed E-state index contributed by atoms with van der Waals surface area (Å²) in [7, 11) is 0. The lowest BCUT2D eigenvalue weighted by molar-refractivity contribution is -0.0524. The fraction of sp³-hybridized carbons (Fsp3) is 0.481. The van der Waals surface area contributed by atoms with Gasteiger partial charge in [-0.2, -0.15) is 0 Å². The van der Waals surface area contributed by atoms with Crippen LogP contribution in [0.5, 0.6) is 0 Å². The minimum absolute atomic E-state index is 0.0113. The quantitative estimate of drug-likeness (QED) is 0.473. The first kappa shape index (κ1) is 25.1. The average molecular weight is 485 g/mol. The highest BCUT2D eigenvalue weighted by Crippen LogP contribution is 2.28. The Morgan fingerprint density at radius 3 is 2.46 bits per heavy atom. The van der Waals surface area contributed by atoms with Crippen molar-refractivity contribution in [3.63, 3.8) is 0 Å². The van der Waals surface area contributed by atoms with Gasteiger partial charge in [-0.25, -0.2) is 14.0 Å². The molecule has 188 valence electrons. The number of hydrogen-bond donors (Lipinski definition) is 2. The molecule has 0 radical (unpaired) electrons. The van der Waals surface area contributed by atoms with E-state index in [9.17, 15) is 19.1 Å². The molecular formula is C27H33FN2O5. The Morgan fingerprint density at radius 2 is 1.77 bits per heavy atom. The second kappa shape index (κ2) is 11.6. The largest absolute Gasteiger partial charge is 0.478 e. The number of nitrogens with one attached hydrogen (secondary N) is 1. The normalized spacial score (nSPS) is 19.8. The zero-order valence-electron chi connectivity index (χ0n) is 20.0. The van der Waals surface area contributed by atoms with Gasteiger partial charge in [-0.05, 0) is 80.8 Å². The first-order valence-corrected chi connectivity index (χ1v) is 12.3. The molecule has 2 atom stereocenters. The van der Waals surface area contributed by atoms with Gasteiger partial charge in [0.25, 0.3) is 0 Å². The predicted molar refractivity (Wildman–Crippen MR) is 130 cm³/mol. The van der Waals surface area contributed by atoms with Gasteiger partial charge in [0.05, 0.1) is 31.0 Å². The van der Waals surface area contributed by atoms with E-state index < -0.39 is 5.97 Å². The summed E-state index contributed by atoms with van der Waals surface area (Å²) in [5.74, 6) is -1.28. The van der Waals surface area contributed by atoms with Crippen LogP contribution < -0.4 is 5.32 Å². The van der Waals surface area contributed by atoms with Crippen LogP contribution in [0.15, 0.2) is 42.5 Å². The maximum absolute atomic E-state index is 13.1. The lowest BCUT2D eigenvalue weighted by atomic mass is 9.94. The Hall–Kier alpha value is -2.97. The molecule has 0 aromatic heterocycles. The summed E-state index contributed by atoms with van der Waals surface area (Å²) in [6.07, 6.45) is 5.61. The van der Waals surface area contributed by atoms with Gasteiger partial charge in [0, 0.05) is 18.3 Å². The maximum atomic E-state index is 13.1. The standard InChI is InChI=1S/C27H33FN2O5/c1-18-4-2-5-19(25(18)26(31)32)17-35-24-7-3-6-23(16-24)34-15-14-30(22-12-13-22)27(33)29-21-10-8-20(28)9-11-21/h2,4-5,8-11,22-24H,3,6-7,12-17H2,1H3,(H,29,33)(H,31,32)/t23-,24+/m1/s1. The van der Waals surface area contributed by atoms with Crippen molar-refractivity contribution in [3.8, 4) is 0 Å². The molecule has 0 saturated heterocycles. The number of carboxylic acids is 1. The van der Waals surface area contributed by atoms with Crippen LogP contribution in [0.1, 0.15) is 60.0 Å². The van der Waals surface area contributed by atoms with Gasteiger partial charge >= 0.3 is 12.0 Å². The molecule has 7 nitrogen and oxygen atoms in total. The summed E-state index contributed by atoms with van der Waals surface area (Å²) in [6, 6.07) is 11.2. The number of benzene rings is 2. The molecule has 35 heavy (non-hydrogen) atoms. The van der Waals surface area contributed by atoms with Gasteiger partial charge in [-0.1, -0.05) is 18.2 Å². The van der Waals surface area contributed by atoms with Crippen molar-refractivity contribution in [2.45, 2.75) is 70.3 Å². The van der Waals surface area contributed by atoms with Gasteiger partial charge in [-0.3, -0.25) is 0 Å². The molecule has 0 bridgehead atoms. The molecule has 0 spiro atoms. The predicted octanol–water partition coefficient (Wildman–Crippen LogP) is 5.37. The van der Waals surface area contributed by atoms with E-state index in [1.165, 1.54) is 12.1 Å². The van der Waals surface area contributed by atoms with Crippen molar-refractivity contribution in [1.82, 2.24) is 4.90 Å². The van der Waals surface area contributed by atoms with E-state index in [1.54, 1.807) is 36.1 Å². The Bertz CT molecular complexity index is 1020. The monoisotopic (exact) mass is 484 g/mol. The van der Waals surface area contributed by atoms with Crippen LogP contribution in [-0.2, 0) is 16.1 Å². The van der Waals surface area contributed by atoms with Crippen LogP contribution in [0, 0.1) is 12.7 Å². The van der Waals surface area contributed by atoms with Crippen molar-refractivity contribution in [3.05, 3.63) is 65.0 Å². The summed E-state index contributed by atoms with van der Waals surface area (Å²) >= 11 is 0. The topological polar surface area (TPSA) is 88.1 Å². The number of carbonyl (C=O) groups excluding carboxylic acids is 1. The van der Waals surface area contributed by atoms with Crippen molar-refractivity contribution < 1.29 is 28.6 Å². The third-order valence-corrected chi connectivity index (χ3v) is 6.66. The highest BCUT2D eigenvalue weighted by Gasteiger charge is 2.33. The molecule has 2 aromatic rings. The number of carboxylic acid groups (broad SMARTS) is 1. The van der Waals surface area contributed by atoms with E-state index in [2.05, 4.69) is 5.32 Å². The van der Waals surface area contributed by atoms with Crippen LogP contribution in [-0.4, -0.2) is 53.4 Å². The molecule has 2 aliphatic rings. The third-order valence-electron chi connectivity index (χ3n) is 6.66.